The smallest absolute Gasteiger partial charge is 0.0861 e. The number of halogens is 5. The maximum absolute atomic E-state index is 6.54. The molecule has 0 spiro atoms. The Labute approximate surface area is 144 Å². The van der Waals surface area contributed by atoms with E-state index in [1.165, 1.54) is 0 Å². The summed E-state index contributed by atoms with van der Waals surface area (Å²) in [5, 5.41) is 0.828. The summed E-state index contributed by atoms with van der Waals surface area (Å²) in [7, 11) is 0. The standard InChI is InChI=1S/C14H9Br2Cl3/c1-7-4-12(16)10(6-11(7)15)14(19)9-3-2-8(17)5-13(9)18/h2-6,14H,1H3. The Hall–Kier alpha value is 0.270. The first-order valence-corrected chi connectivity index (χ1v) is 8.22. The number of hydrogen-bond donors (Lipinski definition) is 0. The van der Waals surface area contributed by atoms with Crippen molar-refractivity contribution < 1.29 is 0 Å². The molecule has 2 aromatic rings. The van der Waals surface area contributed by atoms with Crippen molar-refractivity contribution in [3.8, 4) is 0 Å². The maximum atomic E-state index is 6.54. The van der Waals surface area contributed by atoms with Crippen LogP contribution in [0.5, 0.6) is 0 Å². The van der Waals surface area contributed by atoms with Crippen molar-refractivity contribution >= 4 is 66.7 Å². The van der Waals surface area contributed by atoms with E-state index < -0.39 is 0 Å². The molecule has 0 radical (unpaired) electrons. The van der Waals surface area contributed by atoms with Gasteiger partial charge in [0.25, 0.3) is 0 Å². The lowest BCUT2D eigenvalue weighted by Crippen LogP contribution is -1.97. The van der Waals surface area contributed by atoms with E-state index in [9.17, 15) is 0 Å². The number of benzene rings is 2. The van der Waals surface area contributed by atoms with Crippen molar-refractivity contribution in [2.45, 2.75) is 12.3 Å². The molecule has 1 atom stereocenters. The number of hydrogen-bond acceptors (Lipinski definition) is 0. The van der Waals surface area contributed by atoms with E-state index in [2.05, 4.69) is 31.9 Å². The van der Waals surface area contributed by atoms with Gasteiger partial charge in [-0.05, 0) is 47.9 Å². The van der Waals surface area contributed by atoms with Crippen molar-refractivity contribution in [3.05, 3.63) is 66.0 Å². The highest BCUT2D eigenvalue weighted by molar-refractivity contribution is 9.11. The molecular formula is C14H9Br2Cl3. The summed E-state index contributed by atoms with van der Waals surface area (Å²) in [6.07, 6.45) is 0. The molecule has 0 nitrogen and oxygen atoms in total. The summed E-state index contributed by atoms with van der Waals surface area (Å²) in [5.74, 6) is 0. The molecule has 0 bridgehead atoms. The van der Waals surface area contributed by atoms with Crippen LogP contribution in [0.3, 0.4) is 0 Å². The lowest BCUT2D eigenvalue weighted by atomic mass is 10.0. The molecule has 0 N–H and O–H groups in total. The van der Waals surface area contributed by atoms with E-state index in [0.29, 0.717) is 10.0 Å². The monoisotopic (exact) mass is 440 g/mol. The normalized spacial score (nSPS) is 12.5. The number of alkyl halides is 1. The van der Waals surface area contributed by atoms with Crippen LogP contribution in [0, 0.1) is 6.92 Å². The Bertz CT molecular complexity index is 626. The first kappa shape index (κ1) is 15.7. The highest BCUT2D eigenvalue weighted by Gasteiger charge is 2.18. The highest BCUT2D eigenvalue weighted by Crippen LogP contribution is 2.39. The summed E-state index contributed by atoms with van der Waals surface area (Å²) in [6, 6.07) is 9.36. The third kappa shape index (κ3) is 3.48. The third-order valence-electron chi connectivity index (χ3n) is 2.79. The minimum absolute atomic E-state index is 0.337. The van der Waals surface area contributed by atoms with Crippen LogP contribution in [0.1, 0.15) is 22.1 Å². The van der Waals surface area contributed by atoms with Gasteiger partial charge in [0.1, 0.15) is 0 Å². The van der Waals surface area contributed by atoms with Gasteiger partial charge >= 0.3 is 0 Å². The zero-order valence-electron chi connectivity index (χ0n) is 9.85. The molecule has 0 aromatic heterocycles. The van der Waals surface area contributed by atoms with Crippen molar-refractivity contribution in [3.63, 3.8) is 0 Å². The molecular weight excluding hydrogens is 434 g/mol. The molecule has 0 saturated carbocycles. The minimum Gasteiger partial charge on any atom is -0.112 e. The molecule has 0 saturated heterocycles. The first-order valence-electron chi connectivity index (χ1n) is 5.44. The average Bonchev–Trinajstić information content (AvgIpc) is 2.33. The summed E-state index contributed by atoms with van der Waals surface area (Å²) >= 11 is 25.7. The van der Waals surface area contributed by atoms with Crippen LogP contribution >= 0.6 is 66.7 Å². The van der Waals surface area contributed by atoms with Crippen LogP contribution < -0.4 is 0 Å². The van der Waals surface area contributed by atoms with Crippen LogP contribution in [-0.2, 0) is 0 Å². The van der Waals surface area contributed by atoms with Gasteiger partial charge in [-0.2, -0.15) is 0 Å². The summed E-state index contributed by atoms with van der Waals surface area (Å²) in [4.78, 5) is 0. The van der Waals surface area contributed by atoms with E-state index in [1.807, 2.05) is 25.1 Å². The topological polar surface area (TPSA) is 0 Å². The summed E-state index contributed by atoms with van der Waals surface area (Å²) in [6.45, 7) is 2.02. The van der Waals surface area contributed by atoms with Gasteiger partial charge in [0, 0.05) is 19.0 Å². The zero-order valence-corrected chi connectivity index (χ0v) is 15.3. The van der Waals surface area contributed by atoms with Crippen molar-refractivity contribution in [1.82, 2.24) is 0 Å². The Morgan fingerprint density at radius 3 is 2.26 bits per heavy atom. The third-order valence-corrected chi connectivity index (χ3v) is 5.36. The van der Waals surface area contributed by atoms with Gasteiger partial charge in [-0.15, -0.1) is 11.6 Å². The number of aryl methyl sites for hydroxylation is 1. The number of rotatable bonds is 2. The van der Waals surface area contributed by atoms with Gasteiger partial charge in [-0.3, -0.25) is 0 Å². The van der Waals surface area contributed by atoms with Gasteiger partial charge in [0.15, 0.2) is 0 Å². The van der Waals surface area contributed by atoms with E-state index in [-0.39, 0.29) is 5.38 Å². The fourth-order valence-corrected chi connectivity index (χ4v) is 3.85. The van der Waals surface area contributed by atoms with Crippen LogP contribution in [0.4, 0.5) is 0 Å². The molecule has 0 aliphatic heterocycles. The van der Waals surface area contributed by atoms with Gasteiger partial charge in [-0.1, -0.05) is 61.1 Å². The Morgan fingerprint density at radius 1 is 0.947 bits per heavy atom. The van der Waals surface area contributed by atoms with E-state index in [4.69, 9.17) is 34.8 Å². The SMILES string of the molecule is Cc1cc(Br)c(C(Cl)c2ccc(Cl)cc2Cl)cc1Br. The van der Waals surface area contributed by atoms with E-state index in [0.717, 1.165) is 25.6 Å². The Kier molecular flexibility index (Phi) is 5.24. The zero-order chi connectivity index (χ0) is 14.2. The fourth-order valence-electron chi connectivity index (χ4n) is 1.73. The second-order valence-corrected chi connectivity index (χ2v) is 7.14. The molecule has 0 fully saturated rings. The molecule has 100 valence electrons. The fraction of sp³-hybridized carbons (Fsp3) is 0.143. The summed E-state index contributed by atoms with van der Waals surface area (Å²) < 4.78 is 1.97. The van der Waals surface area contributed by atoms with Gasteiger partial charge in [-0.25, -0.2) is 0 Å². The Morgan fingerprint density at radius 2 is 1.63 bits per heavy atom. The van der Waals surface area contributed by atoms with Crippen molar-refractivity contribution in [1.29, 1.82) is 0 Å². The molecule has 0 amide bonds. The van der Waals surface area contributed by atoms with Gasteiger partial charge in [0.2, 0.25) is 0 Å². The molecule has 1 unspecified atom stereocenters. The predicted molar refractivity (Wildman–Crippen MR) is 90.7 cm³/mol. The van der Waals surface area contributed by atoms with Crippen molar-refractivity contribution in [2.75, 3.05) is 0 Å². The Balaban J connectivity index is 2.49. The van der Waals surface area contributed by atoms with Crippen LogP contribution in [-0.4, -0.2) is 0 Å². The maximum Gasteiger partial charge on any atom is 0.0861 e. The van der Waals surface area contributed by atoms with Crippen LogP contribution in [0.2, 0.25) is 10.0 Å². The molecule has 5 heteroatoms. The molecule has 2 aromatic carbocycles. The second kappa shape index (κ2) is 6.36. The highest BCUT2D eigenvalue weighted by atomic mass is 79.9. The largest absolute Gasteiger partial charge is 0.112 e. The molecule has 2 rings (SSSR count). The minimum atomic E-state index is -0.337. The second-order valence-electron chi connectivity index (χ2n) is 4.15. The first-order chi connectivity index (χ1) is 8.90. The lowest BCUT2D eigenvalue weighted by molar-refractivity contribution is 1.12. The predicted octanol–water partition coefficient (Wildman–Crippen LogP) is 7.16. The van der Waals surface area contributed by atoms with Crippen LogP contribution in [0.15, 0.2) is 39.3 Å². The van der Waals surface area contributed by atoms with Gasteiger partial charge in [0.05, 0.1) is 5.38 Å². The molecule has 19 heavy (non-hydrogen) atoms. The van der Waals surface area contributed by atoms with E-state index >= 15 is 0 Å². The quantitative estimate of drug-likeness (QED) is 0.432. The lowest BCUT2D eigenvalue weighted by Gasteiger charge is -2.15. The van der Waals surface area contributed by atoms with E-state index in [1.54, 1.807) is 12.1 Å². The van der Waals surface area contributed by atoms with Gasteiger partial charge < -0.3 is 0 Å². The molecule has 0 aliphatic rings. The average molecular weight is 443 g/mol. The van der Waals surface area contributed by atoms with Crippen molar-refractivity contribution in [2.24, 2.45) is 0 Å². The molecule has 0 heterocycles. The molecule has 0 aliphatic carbocycles. The van der Waals surface area contributed by atoms with Crippen LogP contribution in [0.25, 0.3) is 0 Å². The summed E-state index contributed by atoms with van der Waals surface area (Å²) in [5.41, 5.74) is 2.94.